The van der Waals surface area contributed by atoms with Crippen molar-refractivity contribution in [1.82, 2.24) is 5.32 Å². The van der Waals surface area contributed by atoms with Crippen molar-refractivity contribution >= 4 is 13.7 Å². The van der Waals surface area contributed by atoms with Crippen LogP contribution in [-0.4, -0.2) is 68.5 Å². The molecule has 0 aromatic carbocycles. The van der Waals surface area contributed by atoms with E-state index in [0.717, 1.165) is 38.5 Å². The van der Waals surface area contributed by atoms with E-state index in [1.54, 1.807) is 0 Å². The van der Waals surface area contributed by atoms with Crippen LogP contribution in [0.5, 0.6) is 0 Å². The summed E-state index contributed by atoms with van der Waals surface area (Å²) in [4.78, 5) is 24.8. The number of aliphatic hydroxyl groups excluding tert-OH is 1. The van der Waals surface area contributed by atoms with E-state index in [0.29, 0.717) is 23.9 Å². The molecule has 3 atom stereocenters. The molecule has 8 nitrogen and oxygen atoms in total. The molecule has 0 bridgehead atoms. The maximum atomic E-state index is 12.5. The monoisotopic (exact) mass is 803 g/mol. The van der Waals surface area contributed by atoms with E-state index < -0.39 is 20.0 Å². The third-order valence-electron chi connectivity index (χ3n) is 11.1. The zero-order valence-electron chi connectivity index (χ0n) is 37.4. The number of phosphoric acid groups is 1. The molecule has 0 aliphatic rings. The molecule has 9 heteroatoms. The first-order valence-electron chi connectivity index (χ1n) is 23.9. The van der Waals surface area contributed by atoms with Crippen molar-refractivity contribution in [1.29, 1.82) is 0 Å². The molecule has 0 aliphatic carbocycles. The lowest BCUT2D eigenvalue weighted by molar-refractivity contribution is -0.870. The second-order valence-corrected chi connectivity index (χ2v) is 19.2. The van der Waals surface area contributed by atoms with E-state index in [1.165, 1.54) is 173 Å². The fraction of sp³-hybridized carbons (Fsp3) is 0.978. The Morgan fingerprint density at radius 1 is 0.564 bits per heavy atom. The van der Waals surface area contributed by atoms with Gasteiger partial charge in [0, 0.05) is 6.42 Å². The number of carbonyl (C=O) groups is 1. The predicted molar refractivity (Wildman–Crippen MR) is 233 cm³/mol. The number of nitrogens with one attached hydrogen (secondary N) is 1. The van der Waals surface area contributed by atoms with Crippen molar-refractivity contribution in [3.05, 3.63) is 0 Å². The highest BCUT2D eigenvalue weighted by atomic mass is 31.2. The number of phosphoric ester groups is 1. The molecule has 0 fully saturated rings. The Morgan fingerprint density at radius 2 is 0.891 bits per heavy atom. The quantitative estimate of drug-likeness (QED) is 0.0361. The van der Waals surface area contributed by atoms with Gasteiger partial charge in [0.25, 0.3) is 7.82 Å². The van der Waals surface area contributed by atoms with Gasteiger partial charge in [0.1, 0.15) is 13.2 Å². The fourth-order valence-corrected chi connectivity index (χ4v) is 8.00. The van der Waals surface area contributed by atoms with Crippen molar-refractivity contribution in [2.45, 2.75) is 251 Å². The topological polar surface area (TPSA) is 108 Å². The molecular weight excluding hydrogens is 707 g/mol. The van der Waals surface area contributed by atoms with Crippen LogP contribution < -0.4 is 10.2 Å². The smallest absolute Gasteiger partial charge is 0.268 e. The number of amides is 1. The van der Waals surface area contributed by atoms with Gasteiger partial charge in [0.15, 0.2) is 0 Å². The van der Waals surface area contributed by atoms with Gasteiger partial charge in [-0.05, 0) is 12.8 Å². The lowest BCUT2D eigenvalue weighted by Gasteiger charge is -2.30. The van der Waals surface area contributed by atoms with E-state index in [2.05, 4.69) is 19.2 Å². The van der Waals surface area contributed by atoms with Crippen LogP contribution in [0.3, 0.4) is 0 Å². The van der Waals surface area contributed by atoms with E-state index in [9.17, 15) is 19.4 Å². The fourth-order valence-electron chi connectivity index (χ4n) is 7.28. The third kappa shape index (κ3) is 41.5. The van der Waals surface area contributed by atoms with Crippen molar-refractivity contribution in [2.24, 2.45) is 0 Å². The molecular formula is C46H95N2O6P. The third-order valence-corrected chi connectivity index (χ3v) is 12.1. The number of unbranched alkanes of at least 4 members (excludes halogenated alkanes) is 31. The van der Waals surface area contributed by atoms with Gasteiger partial charge in [0.2, 0.25) is 5.91 Å². The lowest BCUT2D eigenvalue weighted by Crippen LogP contribution is -2.46. The summed E-state index contributed by atoms with van der Waals surface area (Å²) in [5.74, 6) is -0.187. The molecule has 330 valence electrons. The maximum Gasteiger partial charge on any atom is 0.268 e. The summed E-state index contributed by atoms with van der Waals surface area (Å²) in [5.41, 5.74) is 0. The zero-order valence-corrected chi connectivity index (χ0v) is 38.3. The summed E-state index contributed by atoms with van der Waals surface area (Å²) in [6.07, 6.45) is 43.7. The number of rotatable bonds is 44. The number of likely N-dealkylation sites (N-methyl/N-ethyl adjacent to an activating group) is 1. The van der Waals surface area contributed by atoms with Crippen LogP contribution in [0.4, 0.5) is 0 Å². The van der Waals surface area contributed by atoms with Gasteiger partial charge >= 0.3 is 0 Å². The minimum Gasteiger partial charge on any atom is -0.756 e. The molecule has 0 rings (SSSR count). The van der Waals surface area contributed by atoms with E-state index in [-0.39, 0.29) is 19.1 Å². The Kier molecular flexibility index (Phi) is 38.6. The molecule has 2 N–H and O–H groups in total. The number of aliphatic hydroxyl groups is 1. The summed E-state index contributed by atoms with van der Waals surface area (Å²) in [6.45, 7) is 4.57. The number of quaternary nitrogens is 1. The molecule has 55 heavy (non-hydrogen) atoms. The summed E-state index contributed by atoms with van der Waals surface area (Å²) in [5, 5.41) is 13.7. The highest BCUT2D eigenvalue weighted by Gasteiger charge is 2.24. The van der Waals surface area contributed by atoms with E-state index in [4.69, 9.17) is 9.05 Å². The van der Waals surface area contributed by atoms with Crippen LogP contribution in [0, 0.1) is 0 Å². The molecule has 0 heterocycles. The Labute approximate surface area is 342 Å². The van der Waals surface area contributed by atoms with E-state index >= 15 is 0 Å². The van der Waals surface area contributed by atoms with Gasteiger partial charge < -0.3 is 28.8 Å². The normalized spacial score (nSPS) is 14.2. The van der Waals surface area contributed by atoms with Crippen molar-refractivity contribution in [3.8, 4) is 0 Å². The number of hydrogen-bond donors (Lipinski definition) is 2. The molecule has 3 unspecified atom stereocenters. The van der Waals surface area contributed by atoms with Gasteiger partial charge in [-0.15, -0.1) is 0 Å². The Hall–Kier alpha value is -0.500. The van der Waals surface area contributed by atoms with Crippen LogP contribution in [-0.2, 0) is 18.4 Å². The first-order chi connectivity index (χ1) is 26.5. The summed E-state index contributed by atoms with van der Waals surface area (Å²) in [6, 6.07) is -0.790. The minimum absolute atomic E-state index is 0.0144. The van der Waals surface area contributed by atoms with Crippen LogP contribution in [0.2, 0.25) is 0 Å². The number of nitrogens with zero attached hydrogens (tertiary/aromatic N) is 1. The van der Waals surface area contributed by atoms with E-state index in [1.807, 2.05) is 21.1 Å². The highest BCUT2D eigenvalue weighted by Crippen LogP contribution is 2.38. The number of carbonyl (C=O) groups excluding carboxylic acids is 1. The SMILES string of the molecule is CCCCCCCCCCCCCCCCCCCCCCCCCCCCCCCCC(O)C(COP(=O)([O-])OCC[N+](C)(C)C)NC(=O)CCCCC. The van der Waals surface area contributed by atoms with Crippen LogP contribution in [0.25, 0.3) is 0 Å². The van der Waals surface area contributed by atoms with Crippen LogP contribution in [0.1, 0.15) is 239 Å². The molecule has 0 saturated heterocycles. The van der Waals surface area contributed by atoms with Crippen molar-refractivity contribution < 1.29 is 32.9 Å². The number of hydrogen-bond acceptors (Lipinski definition) is 6. The van der Waals surface area contributed by atoms with Gasteiger partial charge in [0.05, 0.1) is 39.9 Å². The minimum atomic E-state index is -4.54. The van der Waals surface area contributed by atoms with Crippen molar-refractivity contribution in [3.63, 3.8) is 0 Å². The molecule has 1 amide bonds. The molecule has 0 saturated carbocycles. The van der Waals surface area contributed by atoms with Gasteiger partial charge in [-0.3, -0.25) is 9.36 Å². The second-order valence-electron chi connectivity index (χ2n) is 17.8. The summed E-state index contributed by atoms with van der Waals surface area (Å²) >= 11 is 0. The molecule has 0 aromatic heterocycles. The summed E-state index contributed by atoms with van der Waals surface area (Å²) in [7, 11) is 1.31. The Bertz CT molecular complexity index is 870. The van der Waals surface area contributed by atoms with Crippen LogP contribution >= 0.6 is 7.82 Å². The first kappa shape index (κ1) is 54.5. The molecule has 0 aliphatic heterocycles. The molecule has 0 radical (unpaired) electrons. The molecule has 0 spiro atoms. The maximum absolute atomic E-state index is 12.5. The highest BCUT2D eigenvalue weighted by molar-refractivity contribution is 7.45. The molecule has 0 aromatic rings. The second kappa shape index (κ2) is 39.0. The van der Waals surface area contributed by atoms with Crippen LogP contribution in [0.15, 0.2) is 0 Å². The predicted octanol–water partition coefficient (Wildman–Crippen LogP) is 12.7. The average Bonchev–Trinajstić information content (AvgIpc) is 3.13. The zero-order chi connectivity index (χ0) is 40.7. The first-order valence-corrected chi connectivity index (χ1v) is 25.3. The summed E-state index contributed by atoms with van der Waals surface area (Å²) < 4.78 is 23.0. The van der Waals surface area contributed by atoms with Gasteiger partial charge in [-0.1, -0.05) is 219 Å². The Balaban J connectivity index is 3.75. The van der Waals surface area contributed by atoms with Gasteiger partial charge in [-0.25, -0.2) is 0 Å². The standard InChI is InChI=1S/C46H95N2O6P/c1-6-8-10-11-12-13-14-15-16-17-18-19-20-21-22-23-24-25-26-27-28-29-30-31-32-33-34-35-36-38-39-45(49)44(47-46(50)40-37-9-7-2)43-54-55(51,52)53-42-41-48(3,4)5/h44-45,49H,6-43H2,1-5H3,(H-,47,50,51,52). The van der Waals surface area contributed by atoms with Crippen molar-refractivity contribution in [2.75, 3.05) is 40.9 Å². The van der Waals surface area contributed by atoms with Gasteiger partial charge in [-0.2, -0.15) is 0 Å². The average molecular weight is 803 g/mol. The largest absolute Gasteiger partial charge is 0.756 e. The Morgan fingerprint density at radius 3 is 1.24 bits per heavy atom. The lowest BCUT2D eigenvalue weighted by atomic mass is 10.0.